The molecule has 16 heavy (non-hydrogen) atoms. The molecule has 4 heteroatoms. The Kier molecular flexibility index (Phi) is 4.92. The van der Waals surface area contributed by atoms with Gasteiger partial charge in [-0.15, -0.1) is 0 Å². The topological polar surface area (TPSA) is 41.1 Å². The zero-order valence-electron chi connectivity index (χ0n) is 9.54. The zero-order valence-corrected chi connectivity index (χ0v) is 10.4. The Morgan fingerprint density at radius 1 is 1.31 bits per heavy atom. The van der Waals surface area contributed by atoms with Gasteiger partial charge in [0, 0.05) is 19.2 Å². The van der Waals surface area contributed by atoms with Crippen molar-refractivity contribution < 1.29 is 4.79 Å². The van der Waals surface area contributed by atoms with Crippen LogP contribution in [0.4, 0.5) is 5.69 Å². The van der Waals surface area contributed by atoms with Crippen LogP contribution < -0.4 is 10.6 Å². The number of rotatable bonds is 4. The number of anilines is 1. The lowest BCUT2D eigenvalue weighted by molar-refractivity contribution is -0.120. The molecule has 2 N–H and O–H groups in total. The second-order valence-electron chi connectivity index (χ2n) is 3.55. The predicted molar refractivity (Wildman–Crippen MR) is 70.7 cm³/mol. The van der Waals surface area contributed by atoms with Crippen molar-refractivity contribution >= 4 is 28.8 Å². The second-order valence-corrected chi connectivity index (χ2v) is 4.16. The van der Waals surface area contributed by atoms with E-state index < -0.39 is 0 Å². The van der Waals surface area contributed by atoms with Crippen LogP contribution in [0.15, 0.2) is 24.3 Å². The van der Waals surface area contributed by atoms with Crippen LogP contribution in [-0.2, 0) is 11.2 Å². The molecule has 0 aromatic heterocycles. The van der Waals surface area contributed by atoms with Crippen molar-refractivity contribution in [2.24, 2.45) is 0 Å². The molecule has 1 amide bonds. The summed E-state index contributed by atoms with van der Waals surface area (Å²) in [5.74, 6) is 0.0666. The lowest BCUT2D eigenvalue weighted by atomic mass is 10.1. The summed E-state index contributed by atoms with van der Waals surface area (Å²) in [6.45, 7) is 1.84. The normalized spacial score (nSPS) is 9.62. The van der Waals surface area contributed by atoms with Gasteiger partial charge in [-0.2, -0.15) is 0 Å². The van der Waals surface area contributed by atoms with Crippen molar-refractivity contribution in [1.82, 2.24) is 5.32 Å². The Balaban J connectivity index is 2.51. The van der Waals surface area contributed by atoms with Gasteiger partial charge in [0.15, 0.2) is 0 Å². The fourth-order valence-electron chi connectivity index (χ4n) is 1.34. The van der Waals surface area contributed by atoms with Gasteiger partial charge in [0.05, 0.1) is 4.99 Å². The lowest BCUT2D eigenvalue weighted by Gasteiger charge is -2.05. The number of amides is 1. The first kappa shape index (κ1) is 12.6. The van der Waals surface area contributed by atoms with E-state index in [4.69, 9.17) is 12.2 Å². The Hall–Kier alpha value is -1.42. The minimum atomic E-state index is 0.0666. The standard InChI is InChI=1S/C12H16N2OS/c1-9(16)14-11-6-3-10(4-7-11)5-8-12(15)13-2/h3-4,6-7H,5,8H2,1-2H3,(H,13,15)(H,14,16). The predicted octanol–water partition coefficient (Wildman–Crippen LogP) is 2.12. The van der Waals surface area contributed by atoms with Crippen molar-refractivity contribution in [1.29, 1.82) is 0 Å². The van der Waals surface area contributed by atoms with Gasteiger partial charge in [-0.05, 0) is 31.0 Å². The van der Waals surface area contributed by atoms with Crippen LogP contribution >= 0.6 is 12.2 Å². The fraction of sp³-hybridized carbons (Fsp3) is 0.333. The highest BCUT2D eigenvalue weighted by Gasteiger charge is 1.99. The molecule has 0 saturated heterocycles. The molecule has 3 nitrogen and oxygen atoms in total. The zero-order chi connectivity index (χ0) is 12.0. The van der Waals surface area contributed by atoms with Crippen molar-refractivity contribution in [3.63, 3.8) is 0 Å². The summed E-state index contributed by atoms with van der Waals surface area (Å²) in [5.41, 5.74) is 2.13. The molecular formula is C12H16N2OS. The second kappa shape index (κ2) is 6.23. The number of carbonyl (C=O) groups excluding carboxylic acids is 1. The molecule has 1 aromatic rings. The van der Waals surface area contributed by atoms with Crippen LogP contribution in [0.3, 0.4) is 0 Å². The third-order valence-corrected chi connectivity index (χ3v) is 2.30. The number of hydrogen-bond acceptors (Lipinski definition) is 2. The number of hydrogen-bond donors (Lipinski definition) is 2. The highest BCUT2D eigenvalue weighted by atomic mass is 32.1. The van der Waals surface area contributed by atoms with Crippen molar-refractivity contribution in [2.75, 3.05) is 12.4 Å². The first-order valence-corrected chi connectivity index (χ1v) is 5.59. The van der Waals surface area contributed by atoms with E-state index in [2.05, 4.69) is 10.6 Å². The van der Waals surface area contributed by atoms with Crippen molar-refractivity contribution in [3.8, 4) is 0 Å². The molecule has 0 fully saturated rings. The molecule has 0 aliphatic rings. The Morgan fingerprint density at radius 2 is 1.94 bits per heavy atom. The van der Waals surface area contributed by atoms with Gasteiger partial charge in [0.25, 0.3) is 0 Å². The minimum absolute atomic E-state index is 0.0666. The van der Waals surface area contributed by atoms with Crippen LogP contribution in [0.5, 0.6) is 0 Å². The monoisotopic (exact) mass is 236 g/mol. The molecule has 0 heterocycles. The third kappa shape index (κ3) is 4.40. The van der Waals surface area contributed by atoms with Gasteiger partial charge in [-0.1, -0.05) is 24.4 Å². The molecule has 86 valence electrons. The summed E-state index contributed by atoms with van der Waals surface area (Å²) in [5, 5.41) is 5.66. The van der Waals surface area contributed by atoms with E-state index in [1.165, 1.54) is 0 Å². The van der Waals surface area contributed by atoms with E-state index in [9.17, 15) is 4.79 Å². The molecule has 1 rings (SSSR count). The maximum atomic E-state index is 11.1. The molecule has 0 saturated carbocycles. The molecule has 0 bridgehead atoms. The molecular weight excluding hydrogens is 220 g/mol. The molecule has 0 spiro atoms. The van der Waals surface area contributed by atoms with Crippen molar-refractivity contribution in [2.45, 2.75) is 19.8 Å². The van der Waals surface area contributed by atoms with Crippen LogP contribution in [0.25, 0.3) is 0 Å². The summed E-state index contributed by atoms with van der Waals surface area (Å²) in [7, 11) is 1.65. The van der Waals surface area contributed by atoms with Crippen molar-refractivity contribution in [3.05, 3.63) is 29.8 Å². The number of thiocarbonyl (C=S) groups is 1. The maximum Gasteiger partial charge on any atom is 0.220 e. The smallest absolute Gasteiger partial charge is 0.220 e. The van der Waals surface area contributed by atoms with Gasteiger partial charge >= 0.3 is 0 Å². The molecule has 0 unspecified atom stereocenters. The van der Waals surface area contributed by atoms with Gasteiger partial charge in [-0.3, -0.25) is 4.79 Å². The third-order valence-electron chi connectivity index (χ3n) is 2.19. The Bertz CT molecular complexity index is 373. The van der Waals surface area contributed by atoms with Crippen LogP contribution in [0, 0.1) is 0 Å². The number of nitrogens with one attached hydrogen (secondary N) is 2. The SMILES string of the molecule is CNC(=O)CCc1ccc(NC(C)=S)cc1. The molecule has 0 radical (unpaired) electrons. The van der Waals surface area contributed by atoms with Gasteiger partial charge in [0.2, 0.25) is 5.91 Å². The van der Waals surface area contributed by atoms with E-state index in [1.54, 1.807) is 7.05 Å². The highest BCUT2D eigenvalue weighted by Crippen LogP contribution is 2.11. The first-order chi connectivity index (χ1) is 7.61. The summed E-state index contributed by atoms with van der Waals surface area (Å²) in [4.78, 5) is 11.8. The van der Waals surface area contributed by atoms with E-state index in [-0.39, 0.29) is 5.91 Å². The van der Waals surface area contributed by atoms with Crippen LogP contribution in [-0.4, -0.2) is 17.9 Å². The van der Waals surface area contributed by atoms with E-state index >= 15 is 0 Å². The van der Waals surface area contributed by atoms with Crippen LogP contribution in [0.1, 0.15) is 18.9 Å². The lowest BCUT2D eigenvalue weighted by Crippen LogP contribution is -2.17. The summed E-state index contributed by atoms with van der Waals surface area (Å²) >= 11 is 4.95. The molecule has 1 aromatic carbocycles. The minimum Gasteiger partial charge on any atom is -0.359 e. The summed E-state index contributed by atoms with van der Waals surface area (Å²) in [6, 6.07) is 7.94. The Morgan fingerprint density at radius 3 is 2.44 bits per heavy atom. The number of benzene rings is 1. The molecule has 0 aliphatic carbocycles. The van der Waals surface area contributed by atoms with Crippen LogP contribution in [0.2, 0.25) is 0 Å². The number of carbonyl (C=O) groups is 1. The van der Waals surface area contributed by atoms with E-state index in [1.807, 2.05) is 31.2 Å². The van der Waals surface area contributed by atoms with Gasteiger partial charge < -0.3 is 10.6 Å². The van der Waals surface area contributed by atoms with Gasteiger partial charge in [0.1, 0.15) is 0 Å². The molecule has 0 atom stereocenters. The fourth-order valence-corrected chi connectivity index (χ4v) is 1.46. The molecule has 0 aliphatic heterocycles. The first-order valence-electron chi connectivity index (χ1n) is 5.19. The largest absolute Gasteiger partial charge is 0.359 e. The average Bonchev–Trinajstić information content (AvgIpc) is 2.27. The highest BCUT2D eigenvalue weighted by molar-refractivity contribution is 7.80. The van der Waals surface area contributed by atoms with E-state index in [0.717, 1.165) is 22.7 Å². The quantitative estimate of drug-likeness (QED) is 0.787. The Labute approximate surface area is 101 Å². The summed E-state index contributed by atoms with van der Waals surface area (Å²) < 4.78 is 0. The summed E-state index contributed by atoms with van der Waals surface area (Å²) in [6.07, 6.45) is 1.28. The van der Waals surface area contributed by atoms with E-state index in [0.29, 0.717) is 6.42 Å². The average molecular weight is 236 g/mol. The maximum absolute atomic E-state index is 11.1. The number of aryl methyl sites for hydroxylation is 1. The van der Waals surface area contributed by atoms with Gasteiger partial charge in [-0.25, -0.2) is 0 Å².